The molecule has 3 rings (SSSR count). The van der Waals surface area contributed by atoms with Crippen molar-refractivity contribution in [3.05, 3.63) is 59.7 Å². The standard InChI is InChI=1S/C23H24N2O7.ClH/c1-14(10-21(28)31-2)25(12-15-6-4-3-5-7-15)13-19(27)16-8-9-18(26)22-17(16)11-20(24-22)32-23(29)30;/h3-9,11,14,24,26H,10,12-13H2,1-2H3,(H,29,30);1H. The van der Waals surface area contributed by atoms with Gasteiger partial charge in [0.05, 0.1) is 25.6 Å². The Balaban J connectivity index is 0.00000385. The number of fused-ring (bicyclic) bond motifs is 1. The predicted octanol–water partition coefficient (Wildman–Crippen LogP) is 3.99. The number of nitrogens with zero attached hydrogens (tertiary/aromatic N) is 1. The fraction of sp³-hybridized carbons (Fsp3) is 0.261. The molecule has 0 spiro atoms. The van der Waals surface area contributed by atoms with Crippen LogP contribution in [-0.2, 0) is 16.1 Å². The number of phenols is 1. The third-order valence-electron chi connectivity index (χ3n) is 5.13. The molecular formula is C23H25ClN2O7. The van der Waals surface area contributed by atoms with E-state index >= 15 is 0 Å². The summed E-state index contributed by atoms with van der Waals surface area (Å²) in [7, 11) is 1.32. The number of aromatic amines is 1. The Morgan fingerprint density at radius 3 is 2.45 bits per heavy atom. The number of phenolic OH excluding ortho intramolecular Hbond substituents is 1. The van der Waals surface area contributed by atoms with Crippen LogP contribution in [0.1, 0.15) is 29.3 Å². The van der Waals surface area contributed by atoms with Gasteiger partial charge in [0.25, 0.3) is 0 Å². The van der Waals surface area contributed by atoms with Crippen LogP contribution in [0.2, 0.25) is 0 Å². The molecule has 9 nitrogen and oxygen atoms in total. The summed E-state index contributed by atoms with van der Waals surface area (Å²) in [6.07, 6.45) is -1.41. The highest BCUT2D eigenvalue weighted by Crippen LogP contribution is 2.31. The molecular weight excluding hydrogens is 452 g/mol. The van der Waals surface area contributed by atoms with Crippen molar-refractivity contribution >= 4 is 41.2 Å². The van der Waals surface area contributed by atoms with Crippen molar-refractivity contribution in [2.75, 3.05) is 13.7 Å². The van der Waals surface area contributed by atoms with Gasteiger partial charge in [0, 0.05) is 29.6 Å². The lowest BCUT2D eigenvalue weighted by atomic mass is 10.0. The second-order valence-corrected chi connectivity index (χ2v) is 7.37. The SMILES string of the molecule is COC(=O)CC(C)N(CC(=O)c1ccc(O)c2[nH]c(OC(=O)O)cc12)Cc1ccccc1.Cl. The molecule has 1 aromatic heterocycles. The molecule has 1 heterocycles. The van der Waals surface area contributed by atoms with Gasteiger partial charge in [-0.25, -0.2) is 4.79 Å². The number of aromatic nitrogens is 1. The second kappa shape index (κ2) is 11.3. The number of esters is 1. The molecule has 0 aliphatic heterocycles. The van der Waals surface area contributed by atoms with Crippen LogP contribution in [-0.4, -0.2) is 57.7 Å². The molecule has 0 amide bonds. The van der Waals surface area contributed by atoms with Gasteiger partial charge in [-0.1, -0.05) is 30.3 Å². The molecule has 33 heavy (non-hydrogen) atoms. The van der Waals surface area contributed by atoms with Gasteiger partial charge in [-0.05, 0) is 24.6 Å². The maximum absolute atomic E-state index is 13.3. The minimum absolute atomic E-state index is 0. The summed E-state index contributed by atoms with van der Waals surface area (Å²) in [6, 6.07) is 13.5. The van der Waals surface area contributed by atoms with Crippen LogP contribution in [0.3, 0.4) is 0 Å². The molecule has 2 aromatic carbocycles. The lowest BCUT2D eigenvalue weighted by Gasteiger charge is -2.28. The Bertz CT molecular complexity index is 1130. The number of ketones is 1. The Kier molecular flexibility index (Phi) is 8.84. The second-order valence-electron chi connectivity index (χ2n) is 7.37. The fourth-order valence-corrected chi connectivity index (χ4v) is 3.48. The van der Waals surface area contributed by atoms with Gasteiger partial charge in [0.15, 0.2) is 5.78 Å². The third kappa shape index (κ3) is 6.47. The van der Waals surface area contributed by atoms with E-state index < -0.39 is 6.16 Å². The van der Waals surface area contributed by atoms with Crippen molar-refractivity contribution in [3.8, 4) is 11.6 Å². The number of halogens is 1. The quantitative estimate of drug-likeness (QED) is 0.312. The first-order valence-corrected chi connectivity index (χ1v) is 9.92. The summed E-state index contributed by atoms with van der Waals surface area (Å²) >= 11 is 0. The molecule has 0 aliphatic carbocycles. The minimum atomic E-state index is -1.52. The van der Waals surface area contributed by atoms with Crippen molar-refractivity contribution in [2.45, 2.75) is 25.9 Å². The maximum atomic E-state index is 13.3. The van der Waals surface area contributed by atoms with E-state index in [4.69, 9.17) is 9.84 Å². The highest BCUT2D eigenvalue weighted by molar-refractivity contribution is 6.10. The van der Waals surface area contributed by atoms with Crippen molar-refractivity contribution in [1.29, 1.82) is 0 Å². The zero-order chi connectivity index (χ0) is 23.3. The summed E-state index contributed by atoms with van der Waals surface area (Å²) in [6.45, 7) is 2.27. The predicted molar refractivity (Wildman–Crippen MR) is 123 cm³/mol. The number of nitrogens with one attached hydrogen (secondary N) is 1. The van der Waals surface area contributed by atoms with Crippen molar-refractivity contribution < 1.29 is 34.1 Å². The average molecular weight is 477 g/mol. The average Bonchev–Trinajstić information content (AvgIpc) is 3.17. The van der Waals surface area contributed by atoms with Crippen molar-refractivity contribution in [3.63, 3.8) is 0 Å². The summed E-state index contributed by atoms with van der Waals surface area (Å²) in [5.74, 6) is -0.889. The Morgan fingerprint density at radius 2 is 1.82 bits per heavy atom. The van der Waals surface area contributed by atoms with Crippen molar-refractivity contribution in [1.82, 2.24) is 9.88 Å². The van der Waals surface area contributed by atoms with E-state index in [2.05, 4.69) is 9.72 Å². The largest absolute Gasteiger partial charge is 0.512 e. The number of benzene rings is 2. The molecule has 0 saturated carbocycles. The topological polar surface area (TPSA) is 129 Å². The molecule has 3 aromatic rings. The monoisotopic (exact) mass is 476 g/mol. The molecule has 10 heteroatoms. The van der Waals surface area contributed by atoms with Gasteiger partial charge in [0.1, 0.15) is 5.75 Å². The van der Waals surface area contributed by atoms with Crippen LogP contribution >= 0.6 is 12.4 Å². The number of hydrogen-bond acceptors (Lipinski definition) is 7. The molecule has 1 unspecified atom stereocenters. The van der Waals surface area contributed by atoms with Gasteiger partial charge in [-0.15, -0.1) is 12.4 Å². The highest BCUT2D eigenvalue weighted by Gasteiger charge is 2.23. The van der Waals surface area contributed by atoms with E-state index in [0.29, 0.717) is 11.9 Å². The number of hydrogen-bond donors (Lipinski definition) is 3. The number of rotatable bonds is 9. The number of carbonyl (C=O) groups is 3. The third-order valence-corrected chi connectivity index (χ3v) is 5.13. The molecule has 0 fully saturated rings. The fourth-order valence-electron chi connectivity index (χ4n) is 3.48. The van der Waals surface area contributed by atoms with Crippen LogP contribution in [0.5, 0.6) is 11.6 Å². The Morgan fingerprint density at radius 1 is 1.12 bits per heavy atom. The first-order chi connectivity index (χ1) is 15.3. The number of carboxylic acid groups (broad SMARTS) is 1. The summed E-state index contributed by atoms with van der Waals surface area (Å²) in [5.41, 5.74) is 1.47. The van der Waals surface area contributed by atoms with Gasteiger partial charge < -0.3 is 24.7 Å². The molecule has 3 N–H and O–H groups in total. The number of carbonyl (C=O) groups excluding carboxylic acids is 2. The summed E-state index contributed by atoms with van der Waals surface area (Å²) < 4.78 is 9.39. The van der Waals surface area contributed by atoms with Gasteiger partial charge in [-0.2, -0.15) is 0 Å². The van der Waals surface area contributed by atoms with E-state index in [0.717, 1.165) is 5.56 Å². The van der Waals surface area contributed by atoms with Crippen LogP contribution in [0.15, 0.2) is 48.5 Å². The van der Waals surface area contributed by atoms with Crippen LogP contribution in [0.4, 0.5) is 4.79 Å². The smallest absolute Gasteiger partial charge is 0.506 e. The van der Waals surface area contributed by atoms with Crippen molar-refractivity contribution in [2.24, 2.45) is 0 Å². The minimum Gasteiger partial charge on any atom is -0.506 e. The van der Waals surface area contributed by atoms with E-state index in [1.807, 2.05) is 42.2 Å². The first-order valence-electron chi connectivity index (χ1n) is 9.92. The number of ether oxygens (including phenoxy) is 2. The van der Waals surface area contributed by atoms with E-state index in [1.165, 1.54) is 25.3 Å². The van der Waals surface area contributed by atoms with Gasteiger partial charge >= 0.3 is 12.1 Å². The number of methoxy groups -OCH3 is 1. The lowest BCUT2D eigenvalue weighted by molar-refractivity contribution is -0.141. The van der Waals surface area contributed by atoms with Crippen LogP contribution in [0.25, 0.3) is 10.9 Å². The van der Waals surface area contributed by atoms with E-state index in [9.17, 15) is 19.5 Å². The number of Topliss-reactive ketones (excluding diaryl/α,β-unsaturated/α-hetero) is 1. The lowest BCUT2D eigenvalue weighted by Crippen LogP contribution is -2.38. The highest BCUT2D eigenvalue weighted by atomic mass is 35.5. The number of aromatic hydroxyl groups is 1. The zero-order valence-electron chi connectivity index (χ0n) is 18.1. The number of H-pyrrole nitrogens is 1. The maximum Gasteiger partial charge on any atom is 0.512 e. The van der Waals surface area contributed by atoms with E-state index in [1.54, 1.807) is 0 Å². The molecule has 176 valence electrons. The van der Waals surface area contributed by atoms with Gasteiger partial charge in [0.2, 0.25) is 5.88 Å². The first kappa shape index (κ1) is 25.7. The zero-order valence-corrected chi connectivity index (χ0v) is 18.9. The van der Waals surface area contributed by atoms with E-state index in [-0.39, 0.29) is 65.9 Å². The summed E-state index contributed by atoms with van der Waals surface area (Å²) in [4.78, 5) is 40.4. The van der Waals surface area contributed by atoms with Crippen LogP contribution < -0.4 is 4.74 Å². The molecule has 0 radical (unpaired) electrons. The van der Waals surface area contributed by atoms with Gasteiger partial charge in [-0.3, -0.25) is 14.5 Å². The Hall–Kier alpha value is -3.56. The molecule has 1 atom stereocenters. The Labute approximate surface area is 196 Å². The van der Waals surface area contributed by atoms with Crippen LogP contribution in [0, 0.1) is 0 Å². The molecule has 0 bridgehead atoms. The normalized spacial score (nSPS) is 11.6. The molecule has 0 aliphatic rings. The molecule has 0 saturated heterocycles. The summed E-state index contributed by atoms with van der Waals surface area (Å²) in [5, 5.41) is 19.3.